The number of urea groups is 1. The number of halogens is 3. The Balaban J connectivity index is 1.16. The maximum Gasteiger partial charge on any atom is 0.389 e. The van der Waals surface area contributed by atoms with Crippen LogP contribution in [0.1, 0.15) is 56.1 Å². The predicted molar refractivity (Wildman–Crippen MR) is 145 cm³/mol. The molecular weight excluding hydrogens is 563 g/mol. The van der Waals surface area contributed by atoms with Crippen LogP contribution in [-0.2, 0) is 26.0 Å². The summed E-state index contributed by atoms with van der Waals surface area (Å²) in [5, 5.41) is 5.32. The SMILES string of the molecule is Cc1cc(N2C(=O)CNC2=O)ccc1CCS(=O)(=O)N1CCC2(CC1)N=C([C@H]1CC[C@H](CC(F)(F)F)CC1)NC2=O. The molecule has 3 aliphatic heterocycles. The molecule has 1 aliphatic carbocycles. The number of carbonyl (C=O) groups excluding carboxylic acids is 3. The van der Waals surface area contributed by atoms with Crippen LogP contribution in [0.25, 0.3) is 0 Å². The molecule has 1 aromatic rings. The van der Waals surface area contributed by atoms with Gasteiger partial charge in [0, 0.05) is 25.4 Å². The van der Waals surface area contributed by atoms with E-state index in [1.807, 2.05) is 0 Å². The quantitative estimate of drug-likeness (QED) is 0.467. The summed E-state index contributed by atoms with van der Waals surface area (Å²) >= 11 is 0. The highest BCUT2D eigenvalue weighted by atomic mass is 32.2. The fourth-order valence-electron chi connectivity index (χ4n) is 6.33. The number of alkyl halides is 3. The molecule has 0 radical (unpaired) electrons. The number of carbonyl (C=O) groups is 3. The Morgan fingerprint density at radius 3 is 2.34 bits per heavy atom. The van der Waals surface area contributed by atoms with Gasteiger partial charge in [0.25, 0.3) is 11.8 Å². The standard InChI is InChI=1S/C27H34F3N5O5S/c1-17-14-21(35-22(36)16-31-25(35)38)7-6-19(17)8-13-41(39,40)34-11-9-26(10-12-34)24(37)32-23(33-26)20-4-2-18(3-5-20)15-27(28,29)30/h6-7,14,18,20H,2-5,8-13,15-16H2,1H3,(H,31,38)(H,32,33,37)/t18-,20-. The van der Waals surface area contributed by atoms with E-state index in [1.54, 1.807) is 25.1 Å². The molecule has 1 aromatic carbocycles. The van der Waals surface area contributed by atoms with Gasteiger partial charge >= 0.3 is 12.2 Å². The number of benzene rings is 1. The Labute approximate surface area is 236 Å². The van der Waals surface area contributed by atoms with Crippen molar-refractivity contribution in [2.24, 2.45) is 16.8 Å². The number of amidine groups is 1. The number of nitrogens with zero attached hydrogens (tertiary/aromatic N) is 3. The molecule has 2 saturated heterocycles. The molecule has 1 saturated carbocycles. The minimum Gasteiger partial charge on any atom is -0.328 e. The number of imide groups is 1. The maximum absolute atomic E-state index is 13.2. The zero-order chi connectivity index (χ0) is 29.6. The number of anilines is 1. The molecule has 4 aliphatic rings. The summed E-state index contributed by atoms with van der Waals surface area (Å²) in [6.07, 6.45) is -2.27. The molecule has 10 nitrogen and oxygen atoms in total. The lowest BCUT2D eigenvalue weighted by Gasteiger charge is -2.34. The maximum atomic E-state index is 13.2. The number of rotatable bonds is 7. The smallest absolute Gasteiger partial charge is 0.328 e. The van der Waals surface area contributed by atoms with E-state index in [-0.39, 0.29) is 62.4 Å². The molecule has 0 aromatic heterocycles. The highest BCUT2D eigenvalue weighted by Crippen LogP contribution is 2.39. The van der Waals surface area contributed by atoms with Crippen LogP contribution in [0.5, 0.6) is 0 Å². The zero-order valence-electron chi connectivity index (χ0n) is 22.8. The largest absolute Gasteiger partial charge is 0.389 e. The van der Waals surface area contributed by atoms with E-state index in [2.05, 4.69) is 10.6 Å². The van der Waals surface area contributed by atoms with Crippen LogP contribution in [-0.4, -0.2) is 73.5 Å². The van der Waals surface area contributed by atoms with Crippen molar-refractivity contribution in [2.75, 3.05) is 30.3 Å². The van der Waals surface area contributed by atoms with E-state index in [0.29, 0.717) is 37.2 Å². The first-order valence-corrected chi connectivity index (χ1v) is 15.5. The first-order chi connectivity index (χ1) is 19.3. The second-order valence-electron chi connectivity index (χ2n) is 11.5. The number of sulfonamides is 1. The van der Waals surface area contributed by atoms with E-state index >= 15 is 0 Å². The van der Waals surface area contributed by atoms with Gasteiger partial charge in [0.1, 0.15) is 11.4 Å². The van der Waals surface area contributed by atoms with Gasteiger partial charge in [-0.3, -0.25) is 14.6 Å². The monoisotopic (exact) mass is 597 g/mol. The Kier molecular flexibility index (Phi) is 7.92. The number of nitrogens with one attached hydrogen (secondary N) is 2. The second-order valence-corrected chi connectivity index (χ2v) is 13.6. The predicted octanol–water partition coefficient (Wildman–Crippen LogP) is 3.05. The van der Waals surface area contributed by atoms with Gasteiger partial charge in [0.2, 0.25) is 10.0 Å². The number of hydrogen-bond donors (Lipinski definition) is 2. The molecule has 3 fully saturated rings. The molecule has 0 unspecified atom stereocenters. The third-order valence-electron chi connectivity index (χ3n) is 8.75. The zero-order valence-corrected chi connectivity index (χ0v) is 23.6. The lowest BCUT2D eigenvalue weighted by atomic mass is 9.80. The van der Waals surface area contributed by atoms with Crippen molar-refractivity contribution in [1.29, 1.82) is 0 Å². The molecule has 0 bridgehead atoms. The number of piperidine rings is 1. The van der Waals surface area contributed by atoms with Gasteiger partial charge in [-0.1, -0.05) is 6.07 Å². The van der Waals surface area contributed by atoms with Crippen molar-refractivity contribution in [2.45, 2.75) is 70.0 Å². The van der Waals surface area contributed by atoms with Crippen LogP contribution in [0.4, 0.5) is 23.7 Å². The second kappa shape index (κ2) is 11.0. The Hall–Kier alpha value is -3.00. The molecular formula is C27H34F3N5O5S. The van der Waals surface area contributed by atoms with Gasteiger partial charge in [-0.25, -0.2) is 22.4 Å². The molecule has 0 atom stereocenters. The molecule has 1 spiro atoms. The van der Waals surface area contributed by atoms with Crippen molar-refractivity contribution in [1.82, 2.24) is 14.9 Å². The van der Waals surface area contributed by atoms with Crippen molar-refractivity contribution in [3.05, 3.63) is 29.3 Å². The first-order valence-electron chi connectivity index (χ1n) is 13.9. The van der Waals surface area contributed by atoms with Crippen molar-refractivity contribution in [3.63, 3.8) is 0 Å². The van der Waals surface area contributed by atoms with Gasteiger partial charge in [-0.2, -0.15) is 13.2 Å². The molecule has 2 N–H and O–H groups in total. The molecule has 4 amide bonds. The minimum atomic E-state index is -4.17. The van der Waals surface area contributed by atoms with E-state index in [1.165, 1.54) is 4.31 Å². The number of aliphatic imine (C=N–C) groups is 1. The van der Waals surface area contributed by atoms with Crippen LogP contribution in [0.3, 0.4) is 0 Å². The fraction of sp³-hybridized carbons (Fsp3) is 0.630. The summed E-state index contributed by atoms with van der Waals surface area (Å²) in [4.78, 5) is 42.6. The van der Waals surface area contributed by atoms with Crippen molar-refractivity contribution >= 4 is 39.4 Å². The van der Waals surface area contributed by atoms with Crippen molar-refractivity contribution < 1.29 is 36.0 Å². The Morgan fingerprint density at radius 1 is 1.07 bits per heavy atom. The van der Waals surface area contributed by atoms with Gasteiger partial charge in [-0.05, 0) is 81.0 Å². The summed E-state index contributed by atoms with van der Waals surface area (Å²) in [7, 11) is -3.63. The fourth-order valence-corrected chi connectivity index (χ4v) is 7.80. The Bertz CT molecular complexity index is 1350. The van der Waals surface area contributed by atoms with E-state index in [9.17, 15) is 36.0 Å². The lowest BCUT2D eigenvalue weighted by Crippen LogP contribution is -2.51. The Morgan fingerprint density at radius 2 is 1.76 bits per heavy atom. The number of amides is 4. The summed E-state index contributed by atoms with van der Waals surface area (Å²) in [6.45, 7) is 2.03. The van der Waals surface area contributed by atoms with Gasteiger partial charge in [0.05, 0.1) is 18.0 Å². The van der Waals surface area contributed by atoms with Crippen LogP contribution in [0.2, 0.25) is 0 Å². The van der Waals surface area contributed by atoms with Gasteiger partial charge in [0.15, 0.2) is 0 Å². The van der Waals surface area contributed by atoms with Gasteiger partial charge in [-0.15, -0.1) is 0 Å². The molecule has 41 heavy (non-hydrogen) atoms. The number of aryl methyl sites for hydroxylation is 2. The van der Waals surface area contributed by atoms with Gasteiger partial charge < -0.3 is 10.6 Å². The highest BCUT2D eigenvalue weighted by Gasteiger charge is 2.48. The van der Waals surface area contributed by atoms with Crippen LogP contribution in [0, 0.1) is 18.8 Å². The first kappa shape index (κ1) is 29.5. The number of hydrogen-bond acceptors (Lipinski definition) is 6. The third-order valence-corrected chi connectivity index (χ3v) is 10.6. The molecule has 3 heterocycles. The highest BCUT2D eigenvalue weighted by molar-refractivity contribution is 7.89. The van der Waals surface area contributed by atoms with Crippen molar-refractivity contribution in [3.8, 4) is 0 Å². The third kappa shape index (κ3) is 6.27. The normalized spacial score (nSPS) is 25.4. The summed E-state index contributed by atoms with van der Waals surface area (Å²) in [5.41, 5.74) is 0.946. The molecule has 5 rings (SSSR count). The summed E-state index contributed by atoms with van der Waals surface area (Å²) < 4.78 is 65.9. The van der Waals surface area contributed by atoms with Crippen LogP contribution < -0.4 is 15.5 Å². The van der Waals surface area contributed by atoms with E-state index in [0.717, 1.165) is 16.0 Å². The summed E-state index contributed by atoms with van der Waals surface area (Å²) in [5.74, 6) is -0.702. The molecule has 224 valence electrons. The topological polar surface area (TPSA) is 128 Å². The molecule has 14 heteroatoms. The lowest BCUT2D eigenvalue weighted by molar-refractivity contribution is -0.146. The average Bonchev–Trinajstić information content (AvgIpc) is 3.40. The van der Waals surface area contributed by atoms with E-state index < -0.39 is 40.1 Å². The minimum absolute atomic E-state index is 0.0599. The summed E-state index contributed by atoms with van der Waals surface area (Å²) in [6, 6.07) is 4.54. The van der Waals surface area contributed by atoms with Crippen LogP contribution in [0.15, 0.2) is 23.2 Å². The van der Waals surface area contributed by atoms with Crippen LogP contribution >= 0.6 is 0 Å². The van der Waals surface area contributed by atoms with E-state index in [4.69, 9.17) is 4.99 Å². The average molecular weight is 598 g/mol.